The molecule has 1 aliphatic carbocycles. The van der Waals surface area contributed by atoms with Gasteiger partial charge in [-0.25, -0.2) is 4.98 Å². The van der Waals surface area contributed by atoms with Crippen molar-refractivity contribution in [1.82, 2.24) is 9.88 Å². The zero-order valence-electron chi connectivity index (χ0n) is 15.8. The predicted molar refractivity (Wildman–Crippen MR) is 104 cm³/mol. The zero-order chi connectivity index (χ0) is 18.4. The summed E-state index contributed by atoms with van der Waals surface area (Å²) in [5, 5.41) is 0. The fourth-order valence-electron chi connectivity index (χ4n) is 3.68. The second kappa shape index (κ2) is 8.91. The summed E-state index contributed by atoms with van der Waals surface area (Å²) >= 11 is 0. The molecule has 3 rings (SSSR count). The number of para-hydroxylation sites is 1. The van der Waals surface area contributed by atoms with Crippen LogP contribution < -0.4 is 4.74 Å². The maximum atomic E-state index is 5.98. The van der Waals surface area contributed by atoms with Gasteiger partial charge in [-0.1, -0.05) is 37.3 Å². The minimum atomic E-state index is 0.551. The number of hydrogen-bond donors (Lipinski definition) is 0. The second-order valence-electron chi connectivity index (χ2n) is 6.85. The molecule has 1 aromatic heterocycles. The molecule has 1 aromatic carbocycles. The van der Waals surface area contributed by atoms with E-state index in [0.717, 1.165) is 29.3 Å². The summed E-state index contributed by atoms with van der Waals surface area (Å²) in [6.45, 7) is 5.96. The first kappa shape index (κ1) is 18.5. The lowest BCUT2D eigenvalue weighted by molar-refractivity contribution is 0.165. The number of rotatable bonds is 7. The summed E-state index contributed by atoms with van der Waals surface area (Å²) in [5.74, 6) is 5.09. The van der Waals surface area contributed by atoms with Gasteiger partial charge < -0.3 is 9.15 Å². The van der Waals surface area contributed by atoms with Gasteiger partial charge in [-0.15, -0.1) is 6.42 Å². The van der Waals surface area contributed by atoms with Crippen LogP contribution in [0.2, 0.25) is 0 Å². The van der Waals surface area contributed by atoms with Gasteiger partial charge in [-0.3, -0.25) is 4.90 Å². The van der Waals surface area contributed by atoms with Gasteiger partial charge in [-0.05, 0) is 38.8 Å². The Balaban J connectivity index is 1.82. The van der Waals surface area contributed by atoms with Crippen molar-refractivity contribution < 1.29 is 9.15 Å². The molecule has 1 aliphatic rings. The fourth-order valence-corrected chi connectivity index (χ4v) is 3.68. The molecule has 138 valence electrons. The van der Waals surface area contributed by atoms with E-state index in [1.54, 1.807) is 0 Å². The average Bonchev–Trinajstić information content (AvgIpc) is 3.03. The van der Waals surface area contributed by atoms with E-state index in [1.807, 2.05) is 38.1 Å². The number of terminal acetylenes is 1. The van der Waals surface area contributed by atoms with Crippen molar-refractivity contribution in [3.8, 4) is 29.5 Å². The third-order valence-corrected chi connectivity index (χ3v) is 5.05. The molecule has 0 radical (unpaired) electrons. The van der Waals surface area contributed by atoms with Gasteiger partial charge in [0.05, 0.1) is 24.4 Å². The van der Waals surface area contributed by atoms with Gasteiger partial charge in [0, 0.05) is 12.6 Å². The molecule has 4 nitrogen and oxygen atoms in total. The monoisotopic (exact) mass is 352 g/mol. The maximum absolute atomic E-state index is 5.98. The SMILES string of the molecule is C#CCN(Cc1nc(-c2ccccc2OCC)oc1C)C1CCCCC1. The molecule has 0 N–H and O–H groups in total. The number of oxazole rings is 1. The van der Waals surface area contributed by atoms with Crippen LogP contribution in [-0.2, 0) is 6.54 Å². The molecule has 2 aromatic rings. The summed E-state index contributed by atoms with van der Waals surface area (Å²) in [6.07, 6.45) is 12.0. The van der Waals surface area contributed by atoms with Crippen molar-refractivity contribution in [3.05, 3.63) is 35.7 Å². The summed E-state index contributed by atoms with van der Waals surface area (Å²) in [7, 11) is 0. The van der Waals surface area contributed by atoms with Crippen LogP contribution >= 0.6 is 0 Å². The molecule has 0 saturated heterocycles. The van der Waals surface area contributed by atoms with E-state index >= 15 is 0 Å². The van der Waals surface area contributed by atoms with Gasteiger partial charge in [0.15, 0.2) is 0 Å². The van der Waals surface area contributed by atoms with Crippen LogP contribution in [0.1, 0.15) is 50.5 Å². The summed E-state index contributed by atoms with van der Waals surface area (Å²) in [4.78, 5) is 7.16. The number of hydrogen-bond acceptors (Lipinski definition) is 4. The zero-order valence-corrected chi connectivity index (χ0v) is 15.8. The molecule has 0 spiro atoms. The van der Waals surface area contributed by atoms with E-state index in [-0.39, 0.29) is 0 Å². The van der Waals surface area contributed by atoms with Crippen LogP contribution in [0.25, 0.3) is 11.5 Å². The lowest BCUT2D eigenvalue weighted by atomic mass is 9.94. The van der Waals surface area contributed by atoms with Crippen molar-refractivity contribution in [1.29, 1.82) is 0 Å². The summed E-state index contributed by atoms with van der Waals surface area (Å²) in [6, 6.07) is 8.42. The minimum Gasteiger partial charge on any atom is -0.493 e. The Morgan fingerprint density at radius 3 is 2.77 bits per heavy atom. The third-order valence-electron chi connectivity index (χ3n) is 5.05. The van der Waals surface area contributed by atoms with Crippen LogP contribution in [0, 0.1) is 19.3 Å². The number of benzene rings is 1. The lowest BCUT2D eigenvalue weighted by Crippen LogP contribution is -2.36. The molecule has 0 aliphatic heterocycles. The molecule has 1 heterocycles. The minimum absolute atomic E-state index is 0.551. The Labute approximate surface area is 156 Å². The number of aryl methyl sites for hydroxylation is 1. The van der Waals surface area contributed by atoms with E-state index in [4.69, 9.17) is 20.6 Å². The van der Waals surface area contributed by atoms with Crippen LogP contribution in [0.5, 0.6) is 5.75 Å². The number of aromatic nitrogens is 1. The van der Waals surface area contributed by atoms with Crippen molar-refractivity contribution in [2.75, 3.05) is 13.2 Å². The standard InChI is InChI=1S/C22H28N2O2/c1-4-15-24(18-11-7-6-8-12-18)16-20-17(3)26-22(23-20)19-13-9-10-14-21(19)25-5-2/h1,9-10,13-14,18H,5-8,11-12,15-16H2,2-3H3. The molecule has 0 unspecified atom stereocenters. The van der Waals surface area contributed by atoms with E-state index in [9.17, 15) is 0 Å². The molecule has 0 bridgehead atoms. The lowest BCUT2D eigenvalue weighted by Gasteiger charge is -2.32. The second-order valence-corrected chi connectivity index (χ2v) is 6.85. The quantitative estimate of drug-likeness (QED) is 0.670. The highest BCUT2D eigenvalue weighted by atomic mass is 16.5. The van der Waals surface area contributed by atoms with Crippen molar-refractivity contribution in [2.24, 2.45) is 0 Å². The van der Waals surface area contributed by atoms with Crippen LogP contribution in [0.4, 0.5) is 0 Å². The van der Waals surface area contributed by atoms with Crippen LogP contribution in [-0.4, -0.2) is 29.1 Å². The average molecular weight is 352 g/mol. The molecule has 1 saturated carbocycles. The van der Waals surface area contributed by atoms with E-state index < -0.39 is 0 Å². The fraction of sp³-hybridized carbons (Fsp3) is 0.500. The van der Waals surface area contributed by atoms with Crippen molar-refractivity contribution in [2.45, 2.75) is 58.5 Å². The molecular formula is C22H28N2O2. The highest BCUT2D eigenvalue weighted by Gasteiger charge is 2.23. The van der Waals surface area contributed by atoms with Gasteiger partial charge >= 0.3 is 0 Å². The maximum Gasteiger partial charge on any atom is 0.230 e. The van der Waals surface area contributed by atoms with E-state index in [2.05, 4.69) is 10.8 Å². The van der Waals surface area contributed by atoms with Crippen molar-refractivity contribution in [3.63, 3.8) is 0 Å². The Kier molecular flexibility index (Phi) is 6.35. The highest BCUT2D eigenvalue weighted by Crippen LogP contribution is 2.31. The van der Waals surface area contributed by atoms with Crippen LogP contribution in [0.3, 0.4) is 0 Å². The molecular weight excluding hydrogens is 324 g/mol. The summed E-state index contributed by atoms with van der Waals surface area (Å²) < 4.78 is 11.7. The molecule has 4 heteroatoms. The molecule has 1 fully saturated rings. The van der Waals surface area contributed by atoms with Gasteiger partial charge in [-0.2, -0.15) is 0 Å². The molecule has 26 heavy (non-hydrogen) atoms. The van der Waals surface area contributed by atoms with Gasteiger partial charge in [0.1, 0.15) is 11.5 Å². The Morgan fingerprint density at radius 1 is 1.27 bits per heavy atom. The van der Waals surface area contributed by atoms with E-state index in [0.29, 0.717) is 25.1 Å². The Bertz CT molecular complexity index is 754. The predicted octanol–water partition coefficient (Wildman–Crippen LogP) is 4.82. The van der Waals surface area contributed by atoms with Gasteiger partial charge in [0.2, 0.25) is 5.89 Å². The Morgan fingerprint density at radius 2 is 2.04 bits per heavy atom. The molecule has 0 amide bonds. The highest BCUT2D eigenvalue weighted by molar-refractivity contribution is 5.63. The number of ether oxygens (including phenoxy) is 1. The topological polar surface area (TPSA) is 38.5 Å². The largest absolute Gasteiger partial charge is 0.493 e. The summed E-state index contributed by atoms with van der Waals surface area (Å²) in [5.41, 5.74) is 1.86. The molecule has 0 atom stereocenters. The Hall–Kier alpha value is -2.25. The number of nitrogens with zero attached hydrogens (tertiary/aromatic N) is 2. The van der Waals surface area contributed by atoms with Crippen molar-refractivity contribution >= 4 is 0 Å². The first-order valence-corrected chi connectivity index (χ1v) is 9.59. The first-order valence-electron chi connectivity index (χ1n) is 9.59. The van der Waals surface area contributed by atoms with Crippen LogP contribution in [0.15, 0.2) is 28.7 Å². The first-order chi connectivity index (χ1) is 12.7. The third kappa shape index (κ3) is 4.28. The van der Waals surface area contributed by atoms with E-state index in [1.165, 1.54) is 32.1 Å². The van der Waals surface area contributed by atoms with Gasteiger partial charge in [0.25, 0.3) is 0 Å². The normalized spacial score (nSPS) is 15.2. The smallest absolute Gasteiger partial charge is 0.230 e.